The smallest absolute Gasteiger partial charge is 0.311 e. The minimum Gasteiger partial charge on any atom is -0.481 e. The molecule has 0 fully saturated rings. The second-order valence-electron chi connectivity index (χ2n) is 7.46. The molecule has 128 valence electrons. The van der Waals surface area contributed by atoms with Crippen molar-refractivity contribution in [1.82, 2.24) is 0 Å². The summed E-state index contributed by atoms with van der Waals surface area (Å²) in [5.74, 6) is -0.180. The van der Waals surface area contributed by atoms with Gasteiger partial charge in [-0.25, -0.2) is 0 Å². The minimum atomic E-state index is -0.909. The van der Waals surface area contributed by atoms with Gasteiger partial charge in [0.15, 0.2) is 0 Å². The molecule has 0 atom stereocenters. The van der Waals surface area contributed by atoms with E-state index in [0.29, 0.717) is 5.75 Å². The second-order valence-corrected chi connectivity index (χ2v) is 7.46. The summed E-state index contributed by atoms with van der Waals surface area (Å²) >= 11 is 0. The molecule has 0 spiro atoms. The van der Waals surface area contributed by atoms with Crippen LogP contribution in [0.4, 0.5) is 0 Å². The highest BCUT2D eigenvalue weighted by molar-refractivity contribution is 5.76. The molecule has 4 nitrogen and oxygen atoms in total. The van der Waals surface area contributed by atoms with E-state index >= 15 is 0 Å². The maximum atomic E-state index is 12.3. The number of hydrogen-bond acceptors (Lipinski definition) is 3. The zero-order valence-corrected chi connectivity index (χ0v) is 15.0. The maximum absolute atomic E-state index is 12.3. The SMILES string of the molecule is CC(C)c1cccc(C(C)C)c1OC(=O)CC(C)(C)CC(=O)O. The number of esters is 1. The molecule has 0 radical (unpaired) electrons. The predicted molar refractivity (Wildman–Crippen MR) is 90.9 cm³/mol. The Kier molecular flexibility index (Phi) is 6.37. The first kappa shape index (κ1) is 19.2. The number of aliphatic carboxylic acids is 1. The monoisotopic (exact) mass is 320 g/mol. The van der Waals surface area contributed by atoms with Gasteiger partial charge >= 0.3 is 11.9 Å². The third-order valence-electron chi connectivity index (χ3n) is 3.79. The Bertz CT molecular complexity index is 544. The van der Waals surface area contributed by atoms with E-state index in [0.717, 1.165) is 11.1 Å². The highest BCUT2D eigenvalue weighted by Gasteiger charge is 2.27. The number of para-hydroxylation sites is 1. The topological polar surface area (TPSA) is 63.6 Å². The predicted octanol–water partition coefficient (Wildman–Crippen LogP) is 4.73. The number of carboxylic acid groups (broad SMARTS) is 1. The molecular formula is C19H28O4. The largest absolute Gasteiger partial charge is 0.481 e. The average molecular weight is 320 g/mol. The van der Waals surface area contributed by atoms with Crippen LogP contribution in [-0.2, 0) is 9.59 Å². The molecule has 0 amide bonds. The summed E-state index contributed by atoms with van der Waals surface area (Å²) < 4.78 is 5.68. The third-order valence-corrected chi connectivity index (χ3v) is 3.79. The van der Waals surface area contributed by atoms with Crippen LogP contribution in [0, 0.1) is 5.41 Å². The summed E-state index contributed by atoms with van der Waals surface area (Å²) in [6.45, 7) is 11.8. The van der Waals surface area contributed by atoms with Crippen molar-refractivity contribution in [2.24, 2.45) is 5.41 Å². The lowest BCUT2D eigenvalue weighted by Crippen LogP contribution is -2.24. The number of carboxylic acids is 1. The minimum absolute atomic E-state index is 0.0645. The van der Waals surface area contributed by atoms with Crippen molar-refractivity contribution in [3.63, 3.8) is 0 Å². The Hall–Kier alpha value is -1.84. The third kappa shape index (κ3) is 5.70. The summed E-state index contributed by atoms with van der Waals surface area (Å²) in [5, 5.41) is 8.93. The lowest BCUT2D eigenvalue weighted by Gasteiger charge is -2.23. The van der Waals surface area contributed by atoms with Gasteiger partial charge in [0.2, 0.25) is 0 Å². The standard InChI is InChI=1S/C19H28O4/c1-12(2)14-8-7-9-15(13(3)4)18(14)23-17(22)11-19(5,6)10-16(20)21/h7-9,12-13H,10-11H2,1-6H3,(H,20,21). The Labute approximate surface area is 138 Å². The highest BCUT2D eigenvalue weighted by atomic mass is 16.5. The van der Waals surface area contributed by atoms with Crippen LogP contribution >= 0.6 is 0 Å². The Morgan fingerprint density at radius 2 is 1.52 bits per heavy atom. The molecule has 0 aliphatic rings. The molecule has 1 N–H and O–H groups in total. The molecule has 0 saturated heterocycles. The van der Waals surface area contributed by atoms with E-state index in [-0.39, 0.29) is 30.6 Å². The van der Waals surface area contributed by atoms with Crippen molar-refractivity contribution in [2.45, 2.75) is 66.2 Å². The molecule has 0 saturated carbocycles. The van der Waals surface area contributed by atoms with Crippen molar-refractivity contribution < 1.29 is 19.4 Å². The fourth-order valence-corrected chi connectivity index (χ4v) is 2.61. The van der Waals surface area contributed by atoms with Crippen LogP contribution in [0.2, 0.25) is 0 Å². The Morgan fingerprint density at radius 3 is 1.91 bits per heavy atom. The van der Waals surface area contributed by atoms with Crippen molar-refractivity contribution in [1.29, 1.82) is 0 Å². The number of benzene rings is 1. The van der Waals surface area contributed by atoms with Crippen LogP contribution in [0.3, 0.4) is 0 Å². The van der Waals surface area contributed by atoms with Gasteiger partial charge in [0.05, 0.1) is 12.8 Å². The van der Waals surface area contributed by atoms with Gasteiger partial charge in [-0.3, -0.25) is 9.59 Å². The first-order chi connectivity index (χ1) is 10.5. The van der Waals surface area contributed by atoms with Crippen molar-refractivity contribution in [3.05, 3.63) is 29.3 Å². The molecule has 4 heteroatoms. The van der Waals surface area contributed by atoms with E-state index < -0.39 is 11.4 Å². The number of carbonyl (C=O) groups excluding carboxylic acids is 1. The highest BCUT2D eigenvalue weighted by Crippen LogP contribution is 2.35. The van der Waals surface area contributed by atoms with E-state index in [1.807, 2.05) is 18.2 Å². The van der Waals surface area contributed by atoms with Gasteiger partial charge in [-0.05, 0) is 28.4 Å². The van der Waals surface area contributed by atoms with Crippen LogP contribution in [-0.4, -0.2) is 17.0 Å². The van der Waals surface area contributed by atoms with E-state index in [1.165, 1.54) is 0 Å². The van der Waals surface area contributed by atoms with Crippen LogP contribution in [0.5, 0.6) is 5.75 Å². The number of ether oxygens (including phenoxy) is 1. The summed E-state index contributed by atoms with van der Waals surface area (Å²) in [5.41, 5.74) is 1.37. The molecule has 23 heavy (non-hydrogen) atoms. The second kappa shape index (κ2) is 7.62. The first-order valence-corrected chi connectivity index (χ1v) is 8.09. The van der Waals surface area contributed by atoms with Gasteiger partial charge in [-0.2, -0.15) is 0 Å². The van der Waals surface area contributed by atoms with Gasteiger partial charge in [0.25, 0.3) is 0 Å². The van der Waals surface area contributed by atoms with Gasteiger partial charge in [0, 0.05) is 0 Å². The molecule has 0 aliphatic heterocycles. The maximum Gasteiger partial charge on any atom is 0.311 e. The fourth-order valence-electron chi connectivity index (χ4n) is 2.61. The molecular weight excluding hydrogens is 292 g/mol. The lowest BCUT2D eigenvalue weighted by atomic mass is 9.86. The number of rotatable bonds is 7. The molecule has 0 heterocycles. The average Bonchev–Trinajstić information content (AvgIpc) is 2.35. The fraction of sp³-hybridized carbons (Fsp3) is 0.579. The van der Waals surface area contributed by atoms with Crippen LogP contribution in [0.15, 0.2) is 18.2 Å². The number of carbonyl (C=O) groups is 2. The van der Waals surface area contributed by atoms with E-state index in [4.69, 9.17) is 9.84 Å². The molecule has 1 aromatic carbocycles. The van der Waals surface area contributed by atoms with Gasteiger partial charge in [-0.1, -0.05) is 59.7 Å². The van der Waals surface area contributed by atoms with Crippen molar-refractivity contribution in [3.8, 4) is 5.75 Å². The first-order valence-electron chi connectivity index (χ1n) is 8.09. The number of hydrogen-bond donors (Lipinski definition) is 1. The quantitative estimate of drug-likeness (QED) is 0.582. The van der Waals surface area contributed by atoms with Crippen LogP contribution in [0.25, 0.3) is 0 Å². The summed E-state index contributed by atoms with van der Waals surface area (Å²) in [6, 6.07) is 5.93. The molecule has 0 aromatic heterocycles. The molecule has 0 bridgehead atoms. The van der Waals surface area contributed by atoms with Crippen LogP contribution < -0.4 is 4.74 Å². The zero-order valence-electron chi connectivity index (χ0n) is 15.0. The van der Waals surface area contributed by atoms with Crippen LogP contribution in [0.1, 0.15) is 77.3 Å². The van der Waals surface area contributed by atoms with Crippen molar-refractivity contribution >= 4 is 11.9 Å². The van der Waals surface area contributed by atoms with Gasteiger partial charge in [-0.15, -0.1) is 0 Å². The molecule has 1 aromatic rings. The van der Waals surface area contributed by atoms with E-state index in [2.05, 4.69) is 27.7 Å². The normalized spacial score (nSPS) is 11.8. The summed E-state index contributed by atoms with van der Waals surface area (Å²) in [4.78, 5) is 23.2. The summed E-state index contributed by atoms with van der Waals surface area (Å²) in [6.07, 6.45) is 0.00816. The van der Waals surface area contributed by atoms with Gasteiger partial charge < -0.3 is 9.84 Å². The molecule has 0 aliphatic carbocycles. The lowest BCUT2D eigenvalue weighted by molar-refractivity contribution is -0.141. The summed E-state index contributed by atoms with van der Waals surface area (Å²) in [7, 11) is 0. The van der Waals surface area contributed by atoms with E-state index in [9.17, 15) is 9.59 Å². The zero-order chi connectivity index (χ0) is 17.8. The van der Waals surface area contributed by atoms with E-state index in [1.54, 1.807) is 13.8 Å². The van der Waals surface area contributed by atoms with Gasteiger partial charge in [0.1, 0.15) is 5.75 Å². The van der Waals surface area contributed by atoms with Crippen molar-refractivity contribution in [2.75, 3.05) is 0 Å². The molecule has 1 rings (SSSR count). The molecule has 0 unspecified atom stereocenters. The Morgan fingerprint density at radius 1 is 1.04 bits per heavy atom. The Balaban J connectivity index is 3.03.